The van der Waals surface area contributed by atoms with Crippen LogP contribution in [0.25, 0.3) is 11.1 Å². The topological polar surface area (TPSA) is 64.6 Å². The Balaban J connectivity index is 1.41. The van der Waals surface area contributed by atoms with Crippen molar-refractivity contribution in [1.29, 1.82) is 0 Å². The fraction of sp³-hybridized carbons (Fsp3) is 0.231. The van der Waals surface area contributed by atoms with E-state index in [2.05, 4.69) is 5.32 Å². The number of ether oxygens (including phenoxy) is 2. The number of anilines is 1. The minimum absolute atomic E-state index is 0.0651. The van der Waals surface area contributed by atoms with Crippen LogP contribution in [0.5, 0.6) is 11.5 Å². The van der Waals surface area contributed by atoms with Crippen molar-refractivity contribution in [2.45, 2.75) is 32.1 Å². The number of amides is 1. The molecule has 0 radical (unpaired) electrons. The minimum atomic E-state index is -0.582. The van der Waals surface area contributed by atoms with Gasteiger partial charge in [-0.2, -0.15) is 0 Å². The predicted octanol–water partition coefficient (Wildman–Crippen LogP) is 5.40. The summed E-state index contributed by atoms with van der Waals surface area (Å²) >= 11 is 0. The van der Waals surface area contributed by atoms with Crippen LogP contribution in [0, 0.1) is 12.7 Å². The highest BCUT2D eigenvalue weighted by Gasteiger charge is 2.51. The molecule has 0 atom stereocenters. The zero-order chi connectivity index (χ0) is 22.5. The number of fused-ring (bicyclic) bond motifs is 1. The molecule has 5 rings (SSSR count). The quantitative estimate of drug-likeness (QED) is 0.549. The van der Waals surface area contributed by atoms with Gasteiger partial charge in [0, 0.05) is 5.69 Å². The fourth-order valence-electron chi connectivity index (χ4n) is 4.20. The summed E-state index contributed by atoms with van der Waals surface area (Å²) in [6, 6.07) is 15.8. The first-order chi connectivity index (χ1) is 15.4. The summed E-state index contributed by atoms with van der Waals surface area (Å²) in [6.45, 7) is 3.46. The molecule has 0 unspecified atom stereocenters. The highest BCUT2D eigenvalue weighted by Crippen LogP contribution is 2.51. The number of nitrogens with one attached hydrogen (secondary N) is 1. The number of ketones is 1. The fourth-order valence-corrected chi connectivity index (χ4v) is 4.20. The van der Waals surface area contributed by atoms with Crippen LogP contribution < -0.4 is 14.8 Å². The maximum atomic E-state index is 14.4. The van der Waals surface area contributed by atoms with Crippen LogP contribution in [0.3, 0.4) is 0 Å². The van der Waals surface area contributed by atoms with Crippen LogP contribution in [0.2, 0.25) is 0 Å². The van der Waals surface area contributed by atoms with E-state index in [1.54, 1.807) is 6.07 Å². The second-order valence-corrected chi connectivity index (χ2v) is 8.38. The summed E-state index contributed by atoms with van der Waals surface area (Å²) in [4.78, 5) is 24.8. The van der Waals surface area contributed by atoms with Gasteiger partial charge in [-0.25, -0.2) is 4.39 Å². The molecule has 0 saturated heterocycles. The highest BCUT2D eigenvalue weighted by atomic mass is 19.1. The maximum Gasteiger partial charge on any atom is 0.235 e. The van der Waals surface area contributed by atoms with Gasteiger partial charge in [-0.05, 0) is 85.3 Å². The van der Waals surface area contributed by atoms with E-state index in [0.29, 0.717) is 22.7 Å². The highest BCUT2D eigenvalue weighted by molar-refractivity contribution is 6.02. The summed E-state index contributed by atoms with van der Waals surface area (Å²) in [6.07, 6.45) is 1.52. The number of hydrogen-bond acceptors (Lipinski definition) is 4. The lowest BCUT2D eigenvalue weighted by Crippen LogP contribution is -2.27. The first-order valence-electron chi connectivity index (χ1n) is 10.5. The Labute approximate surface area is 185 Å². The van der Waals surface area contributed by atoms with Crippen molar-refractivity contribution in [3.8, 4) is 22.6 Å². The molecule has 5 nitrogen and oxygen atoms in total. The summed E-state index contributed by atoms with van der Waals surface area (Å²) in [5.41, 5.74) is 3.42. The van der Waals surface area contributed by atoms with Crippen molar-refractivity contribution in [3.05, 3.63) is 77.1 Å². The zero-order valence-corrected chi connectivity index (χ0v) is 17.8. The first kappa shape index (κ1) is 20.2. The molecule has 3 aromatic carbocycles. The predicted molar refractivity (Wildman–Crippen MR) is 119 cm³/mol. The van der Waals surface area contributed by atoms with Crippen LogP contribution in [0.15, 0.2) is 54.6 Å². The van der Waals surface area contributed by atoms with Crippen molar-refractivity contribution in [1.82, 2.24) is 0 Å². The van der Waals surface area contributed by atoms with Gasteiger partial charge in [0.2, 0.25) is 12.7 Å². The SMILES string of the molecule is CC(=O)c1ccc(-c2cc(NC(=O)C3(c4ccc5c(c4)OCO5)CC3)ccc2C)cc1F. The molecule has 1 saturated carbocycles. The van der Waals surface area contributed by atoms with E-state index in [1.807, 2.05) is 43.3 Å². The number of rotatable bonds is 5. The third-order valence-electron chi connectivity index (χ3n) is 6.26. The van der Waals surface area contributed by atoms with E-state index in [9.17, 15) is 14.0 Å². The largest absolute Gasteiger partial charge is 0.454 e. The molecule has 1 fully saturated rings. The average Bonchev–Trinajstić information content (AvgIpc) is 3.45. The van der Waals surface area contributed by atoms with Gasteiger partial charge in [0.1, 0.15) is 5.82 Å². The zero-order valence-electron chi connectivity index (χ0n) is 17.8. The van der Waals surface area contributed by atoms with E-state index < -0.39 is 11.2 Å². The molecular formula is C26H22FNO4. The van der Waals surface area contributed by atoms with Crippen LogP contribution in [-0.2, 0) is 10.2 Å². The van der Waals surface area contributed by atoms with Gasteiger partial charge in [0.05, 0.1) is 11.0 Å². The number of hydrogen-bond donors (Lipinski definition) is 1. The van der Waals surface area contributed by atoms with Crippen molar-refractivity contribution in [3.63, 3.8) is 0 Å². The van der Waals surface area contributed by atoms with Gasteiger partial charge in [-0.3, -0.25) is 9.59 Å². The number of benzene rings is 3. The summed E-state index contributed by atoms with van der Waals surface area (Å²) in [7, 11) is 0. The summed E-state index contributed by atoms with van der Waals surface area (Å²) in [5, 5.41) is 3.03. The number of carbonyl (C=O) groups is 2. The lowest BCUT2D eigenvalue weighted by Gasteiger charge is -2.17. The van der Waals surface area contributed by atoms with Crippen LogP contribution >= 0.6 is 0 Å². The van der Waals surface area contributed by atoms with Gasteiger partial charge < -0.3 is 14.8 Å². The molecule has 0 bridgehead atoms. The van der Waals surface area contributed by atoms with E-state index in [-0.39, 0.29) is 24.0 Å². The molecule has 1 amide bonds. The lowest BCUT2D eigenvalue weighted by atomic mass is 9.94. The normalized spacial score (nSPS) is 15.3. The standard InChI is InChI=1S/C26H22FNO4/c1-15-3-6-19(13-21(15)17-4-7-20(16(2)29)22(27)11-17)28-25(30)26(9-10-26)18-5-8-23-24(12-18)32-14-31-23/h3-8,11-13H,9-10,14H2,1-2H3,(H,28,30). The van der Waals surface area contributed by atoms with Crippen LogP contribution in [-0.4, -0.2) is 18.5 Å². The molecule has 1 aliphatic carbocycles. The third-order valence-corrected chi connectivity index (χ3v) is 6.26. The second-order valence-electron chi connectivity index (χ2n) is 8.38. The molecule has 2 aliphatic rings. The minimum Gasteiger partial charge on any atom is -0.454 e. The van der Waals surface area contributed by atoms with Gasteiger partial charge in [-0.15, -0.1) is 0 Å². The molecular weight excluding hydrogens is 409 g/mol. The Morgan fingerprint density at radius 1 is 0.969 bits per heavy atom. The smallest absolute Gasteiger partial charge is 0.235 e. The molecule has 0 aromatic heterocycles. The summed E-state index contributed by atoms with van der Waals surface area (Å²) < 4.78 is 25.2. The number of aryl methyl sites for hydroxylation is 1. The number of carbonyl (C=O) groups excluding carboxylic acids is 2. The molecule has 1 heterocycles. The molecule has 1 aliphatic heterocycles. The molecule has 32 heavy (non-hydrogen) atoms. The van der Waals surface area contributed by atoms with Gasteiger partial charge in [-0.1, -0.05) is 18.2 Å². The molecule has 6 heteroatoms. The maximum absolute atomic E-state index is 14.4. The molecule has 162 valence electrons. The van der Waals surface area contributed by atoms with E-state index in [1.165, 1.54) is 19.1 Å². The van der Waals surface area contributed by atoms with Crippen molar-refractivity contribution in [2.24, 2.45) is 0 Å². The van der Waals surface area contributed by atoms with E-state index in [0.717, 1.165) is 29.5 Å². The average molecular weight is 431 g/mol. The van der Waals surface area contributed by atoms with Crippen molar-refractivity contribution < 1.29 is 23.5 Å². The first-order valence-corrected chi connectivity index (χ1v) is 10.5. The third kappa shape index (κ3) is 3.42. The Bertz CT molecular complexity index is 1260. The van der Waals surface area contributed by atoms with Gasteiger partial charge >= 0.3 is 0 Å². The van der Waals surface area contributed by atoms with Gasteiger partial charge in [0.25, 0.3) is 0 Å². The Morgan fingerprint density at radius 3 is 2.47 bits per heavy atom. The van der Waals surface area contributed by atoms with Crippen molar-refractivity contribution >= 4 is 17.4 Å². The number of Topliss-reactive ketones (excluding diaryl/α,β-unsaturated/α-hetero) is 1. The van der Waals surface area contributed by atoms with E-state index >= 15 is 0 Å². The Kier molecular flexibility index (Phi) is 4.73. The van der Waals surface area contributed by atoms with Crippen LogP contribution in [0.1, 0.15) is 41.3 Å². The van der Waals surface area contributed by atoms with Crippen molar-refractivity contribution in [2.75, 3.05) is 12.1 Å². The molecule has 3 aromatic rings. The Morgan fingerprint density at radius 2 is 1.75 bits per heavy atom. The van der Waals surface area contributed by atoms with E-state index in [4.69, 9.17) is 9.47 Å². The Hall–Kier alpha value is -3.67. The lowest BCUT2D eigenvalue weighted by molar-refractivity contribution is -0.118. The summed E-state index contributed by atoms with van der Waals surface area (Å²) in [5.74, 6) is 0.407. The number of halogens is 1. The van der Waals surface area contributed by atoms with Crippen LogP contribution in [0.4, 0.5) is 10.1 Å². The molecule has 0 spiro atoms. The monoisotopic (exact) mass is 431 g/mol. The molecule has 1 N–H and O–H groups in total. The second kappa shape index (κ2) is 7.48. The van der Waals surface area contributed by atoms with Gasteiger partial charge in [0.15, 0.2) is 17.3 Å².